The van der Waals surface area contributed by atoms with Crippen molar-refractivity contribution in [1.82, 2.24) is 0 Å². The molecule has 0 bridgehead atoms. The Kier molecular flexibility index (Phi) is 9.63. The third kappa shape index (κ3) is 6.00. The minimum absolute atomic E-state index is 0.0708. The van der Waals surface area contributed by atoms with Gasteiger partial charge < -0.3 is 14.6 Å². The van der Waals surface area contributed by atoms with Gasteiger partial charge in [-0.15, -0.1) is 0 Å². The predicted octanol–water partition coefficient (Wildman–Crippen LogP) is 6.43. The zero-order valence-electron chi connectivity index (χ0n) is 25.3. The molecule has 4 heteroatoms. The Hall–Kier alpha value is -1.72. The number of rotatable bonds is 9. The molecule has 214 valence electrons. The molecule has 0 aliphatic heterocycles. The Labute approximate surface area is 238 Å². The summed E-state index contributed by atoms with van der Waals surface area (Å²) in [5.74, 6) is 2.58. The Bertz CT molecular complexity index is 1030. The molecular formula is C35H52O3Si. The topological polar surface area (TPSA) is 49.7 Å². The van der Waals surface area contributed by atoms with E-state index >= 15 is 0 Å². The Morgan fingerprint density at radius 1 is 0.846 bits per heavy atom. The van der Waals surface area contributed by atoms with E-state index in [2.05, 4.69) is 115 Å². The van der Waals surface area contributed by atoms with Crippen LogP contribution in [0.4, 0.5) is 0 Å². The molecule has 3 nitrogen and oxygen atoms in total. The van der Waals surface area contributed by atoms with Gasteiger partial charge in [-0.05, 0) is 83.0 Å². The Morgan fingerprint density at radius 3 is 1.87 bits per heavy atom. The van der Waals surface area contributed by atoms with Gasteiger partial charge in [0.1, 0.15) is 0 Å². The molecule has 1 fully saturated rings. The van der Waals surface area contributed by atoms with E-state index in [4.69, 9.17) is 4.43 Å². The highest BCUT2D eigenvalue weighted by Crippen LogP contribution is 2.52. The van der Waals surface area contributed by atoms with Crippen LogP contribution in [0.15, 0.2) is 72.3 Å². The van der Waals surface area contributed by atoms with Crippen LogP contribution in [-0.2, 0) is 4.43 Å². The summed E-state index contributed by atoms with van der Waals surface area (Å²) in [6.07, 6.45) is 5.66. The van der Waals surface area contributed by atoms with Crippen molar-refractivity contribution in [1.29, 1.82) is 0 Å². The van der Waals surface area contributed by atoms with Crippen molar-refractivity contribution < 1.29 is 14.6 Å². The molecule has 2 N–H and O–H groups in total. The number of aliphatic hydroxyl groups is 2. The predicted molar refractivity (Wildman–Crippen MR) is 166 cm³/mol. The fraction of sp³-hybridized carbons (Fsp3) is 0.600. The summed E-state index contributed by atoms with van der Waals surface area (Å²) >= 11 is 0. The molecule has 2 aliphatic rings. The molecule has 2 aliphatic carbocycles. The molecule has 2 aromatic carbocycles. The minimum Gasteiger partial charge on any atom is -0.404 e. The lowest BCUT2D eigenvalue weighted by molar-refractivity contribution is -0.0304. The summed E-state index contributed by atoms with van der Waals surface area (Å²) in [4.78, 5) is 0. The van der Waals surface area contributed by atoms with Gasteiger partial charge in [0, 0.05) is 19.3 Å². The van der Waals surface area contributed by atoms with E-state index in [1.165, 1.54) is 15.9 Å². The molecule has 0 spiro atoms. The molecule has 7 atom stereocenters. The van der Waals surface area contributed by atoms with Crippen molar-refractivity contribution in [3.63, 3.8) is 0 Å². The van der Waals surface area contributed by atoms with Crippen LogP contribution < -0.4 is 10.4 Å². The standard InChI is InChI=1S/C35H52O3Si/c1-24(2)34(23-37)32-19-25(3)18-31-30(26(4)22-36)20-27(21-33(31)32)38-39(35(5,6)7,28-14-10-8-11-15-28)29-16-12-9-13-17-29/h8-18,24,26-27,30-34,36-37H,19-23H2,1-7H3/t26-,27-,30+,31-,32-,33+,34-/m1/s1. The van der Waals surface area contributed by atoms with Gasteiger partial charge in [-0.3, -0.25) is 0 Å². The normalized spacial score (nSPS) is 27.5. The van der Waals surface area contributed by atoms with E-state index in [1.54, 1.807) is 0 Å². The molecule has 39 heavy (non-hydrogen) atoms. The van der Waals surface area contributed by atoms with Gasteiger partial charge in [0.15, 0.2) is 0 Å². The second kappa shape index (κ2) is 12.4. The van der Waals surface area contributed by atoms with Gasteiger partial charge in [-0.2, -0.15) is 0 Å². The van der Waals surface area contributed by atoms with Crippen LogP contribution in [0.5, 0.6) is 0 Å². The second-order valence-corrected chi connectivity index (χ2v) is 18.2. The number of hydrogen-bond acceptors (Lipinski definition) is 3. The molecule has 0 amide bonds. The van der Waals surface area contributed by atoms with Crippen molar-refractivity contribution in [3.8, 4) is 0 Å². The largest absolute Gasteiger partial charge is 0.404 e. The fourth-order valence-electron chi connectivity index (χ4n) is 8.06. The van der Waals surface area contributed by atoms with Crippen LogP contribution in [0, 0.1) is 41.4 Å². The molecule has 0 saturated heterocycles. The summed E-state index contributed by atoms with van der Waals surface area (Å²) in [6.45, 7) is 16.5. The summed E-state index contributed by atoms with van der Waals surface area (Å²) in [6, 6.07) is 21.9. The lowest BCUT2D eigenvalue weighted by Crippen LogP contribution is -2.68. The van der Waals surface area contributed by atoms with E-state index in [1.807, 2.05) is 0 Å². The van der Waals surface area contributed by atoms with E-state index < -0.39 is 8.32 Å². The smallest absolute Gasteiger partial charge is 0.261 e. The molecule has 1 saturated carbocycles. The van der Waals surface area contributed by atoms with Crippen molar-refractivity contribution in [2.24, 2.45) is 41.4 Å². The maximum absolute atomic E-state index is 10.5. The van der Waals surface area contributed by atoms with Crippen LogP contribution in [0.3, 0.4) is 0 Å². The van der Waals surface area contributed by atoms with E-state index in [0.717, 1.165) is 19.3 Å². The van der Waals surface area contributed by atoms with Gasteiger partial charge in [0.2, 0.25) is 0 Å². The number of hydrogen-bond donors (Lipinski definition) is 2. The third-order valence-electron chi connectivity index (χ3n) is 10.0. The highest BCUT2D eigenvalue weighted by atomic mass is 28.4. The number of aliphatic hydroxyl groups excluding tert-OH is 2. The second-order valence-electron chi connectivity index (χ2n) is 13.9. The molecule has 2 aromatic rings. The van der Waals surface area contributed by atoms with Crippen LogP contribution in [0.25, 0.3) is 0 Å². The summed E-state index contributed by atoms with van der Waals surface area (Å²) in [7, 11) is -2.69. The summed E-state index contributed by atoms with van der Waals surface area (Å²) < 4.78 is 7.71. The SMILES string of the molecule is CC1=C[C@@H]2[C@H]([C@H](C)CO)C[C@@H](O[Si](c3ccccc3)(c3ccccc3)C(C)(C)C)C[C@@H]2[C@H]([C@H](CO)C(C)C)C1. The lowest BCUT2D eigenvalue weighted by atomic mass is 9.56. The number of fused-ring (bicyclic) bond motifs is 1. The number of benzene rings is 2. The van der Waals surface area contributed by atoms with E-state index in [-0.39, 0.29) is 36.2 Å². The summed E-state index contributed by atoms with van der Waals surface area (Å²) in [5.41, 5.74) is 1.45. The summed E-state index contributed by atoms with van der Waals surface area (Å²) in [5, 5.41) is 23.5. The Balaban J connectivity index is 1.82. The average Bonchev–Trinajstić information content (AvgIpc) is 2.91. The molecular weight excluding hydrogens is 496 g/mol. The van der Waals surface area contributed by atoms with Crippen molar-refractivity contribution >= 4 is 18.7 Å². The molecule has 4 rings (SSSR count). The minimum atomic E-state index is -2.69. The molecule has 0 radical (unpaired) electrons. The number of allylic oxidation sites excluding steroid dienone is 2. The maximum Gasteiger partial charge on any atom is 0.261 e. The van der Waals surface area contributed by atoms with Crippen LogP contribution in [0.1, 0.15) is 67.7 Å². The Morgan fingerprint density at radius 2 is 1.41 bits per heavy atom. The zero-order chi connectivity index (χ0) is 28.4. The van der Waals surface area contributed by atoms with Gasteiger partial charge in [-0.1, -0.05) is 114 Å². The fourth-order valence-corrected chi connectivity index (χ4v) is 12.8. The average molecular weight is 549 g/mol. The van der Waals surface area contributed by atoms with Crippen molar-refractivity contribution in [2.75, 3.05) is 13.2 Å². The van der Waals surface area contributed by atoms with Crippen LogP contribution >= 0.6 is 0 Å². The van der Waals surface area contributed by atoms with Crippen LogP contribution in [-0.4, -0.2) is 37.8 Å². The van der Waals surface area contributed by atoms with Crippen molar-refractivity contribution in [2.45, 2.75) is 78.9 Å². The van der Waals surface area contributed by atoms with Gasteiger partial charge >= 0.3 is 0 Å². The molecule has 0 aromatic heterocycles. The first-order chi connectivity index (χ1) is 18.5. The quantitative estimate of drug-likeness (QED) is 0.280. The molecule has 0 unspecified atom stereocenters. The first-order valence-electron chi connectivity index (χ1n) is 15.2. The first kappa shape index (κ1) is 30.2. The van der Waals surface area contributed by atoms with Gasteiger partial charge in [0.25, 0.3) is 8.32 Å². The highest BCUT2D eigenvalue weighted by molar-refractivity contribution is 6.99. The third-order valence-corrected chi connectivity index (χ3v) is 15.1. The first-order valence-corrected chi connectivity index (χ1v) is 17.1. The maximum atomic E-state index is 10.5. The zero-order valence-corrected chi connectivity index (χ0v) is 26.3. The van der Waals surface area contributed by atoms with Crippen LogP contribution in [0.2, 0.25) is 5.04 Å². The highest BCUT2D eigenvalue weighted by Gasteiger charge is 2.54. The lowest BCUT2D eigenvalue weighted by Gasteiger charge is -2.53. The van der Waals surface area contributed by atoms with Gasteiger partial charge in [-0.25, -0.2) is 0 Å². The van der Waals surface area contributed by atoms with E-state index in [9.17, 15) is 10.2 Å². The molecule has 0 heterocycles. The van der Waals surface area contributed by atoms with Gasteiger partial charge in [0.05, 0.1) is 0 Å². The van der Waals surface area contributed by atoms with E-state index in [0.29, 0.717) is 29.6 Å². The monoisotopic (exact) mass is 548 g/mol. The van der Waals surface area contributed by atoms with Crippen molar-refractivity contribution in [3.05, 3.63) is 72.3 Å².